The zero-order valence-electron chi connectivity index (χ0n) is 12.2. The molecule has 1 rings (SSSR count). The summed E-state index contributed by atoms with van der Waals surface area (Å²) in [6, 6.07) is 4.02. The second kappa shape index (κ2) is 7.53. The van der Waals surface area contributed by atoms with E-state index in [1.165, 1.54) is 12.1 Å². The second-order valence-electron chi connectivity index (χ2n) is 4.77. The van der Waals surface area contributed by atoms with Crippen LogP contribution in [0.4, 0.5) is 0 Å². The summed E-state index contributed by atoms with van der Waals surface area (Å²) in [4.78, 5) is 11.0. The van der Waals surface area contributed by atoms with Crippen molar-refractivity contribution in [2.45, 2.75) is 44.1 Å². The number of carboxylic acids is 1. The molecule has 0 aliphatic carbocycles. The number of aliphatic hydroxyl groups is 1. The molecule has 0 heterocycles. The molecule has 0 spiro atoms. The summed E-state index contributed by atoms with van der Waals surface area (Å²) < 4.78 is 26.5. The first-order valence-electron chi connectivity index (χ1n) is 6.85. The number of hydrogen-bond acceptors (Lipinski definition) is 4. The van der Waals surface area contributed by atoms with Crippen LogP contribution in [0.3, 0.4) is 0 Å². The van der Waals surface area contributed by atoms with E-state index in [2.05, 4.69) is 4.72 Å². The number of rotatable bonds is 8. The van der Waals surface area contributed by atoms with Gasteiger partial charge in [-0.1, -0.05) is 26.3 Å². The van der Waals surface area contributed by atoms with E-state index in [0.717, 1.165) is 12.5 Å². The van der Waals surface area contributed by atoms with Crippen LogP contribution in [0, 0.1) is 0 Å². The van der Waals surface area contributed by atoms with Gasteiger partial charge < -0.3 is 10.2 Å². The first-order chi connectivity index (χ1) is 9.81. The van der Waals surface area contributed by atoms with Crippen LogP contribution < -0.4 is 4.72 Å². The lowest BCUT2D eigenvalue weighted by molar-refractivity contribution is 0.0695. The van der Waals surface area contributed by atoms with Crippen molar-refractivity contribution < 1.29 is 23.4 Å². The minimum absolute atomic E-state index is 0.0190. The Kier molecular flexibility index (Phi) is 6.32. The molecule has 0 aliphatic heterocycles. The molecule has 6 nitrogen and oxygen atoms in total. The van der Waals surface area contributed by atoms with Crippen LogP contribution >= 0.6 is 0 Å². The van der Waals surface area contributed by atoms with Crippen molar-refractivity contribution >= 4 is 16.0 Å². The van der Waals surface area contributed by atoms with Crippen molar-refractivity contribution in [3.05, 3.63) is 29.3 Å². The van der Waals surface area contributed by atoms with Crippen molar-refractivity contribution in [2.24, 2.45) is 0 Å². The van der Waals surface area contributed by atoms with Crippen LogP contribution in [-0.4, -0.2) is 37.2 Å². The summed E-state index contributed by atoms with van der Waals surface area (Å²) in [6.45, 7) is 3.60. The lowest BCUT2D eigenvalue weighted by Gasteiger charge is -2.12. The van der Waals surface area contributed by atoms with Crippen molar-refractivity contribution in [2.75, 3.05) is 6.54 Å². The maximum absolute atomic E-state index is 12.1. The van der Waals surface area contributed by atoms with Crippen LogP contribution in [-0.2, 0) is 16.4 Å². The molecule has 0 saturated carbocycles. The maximum Gasteiger partial charge on any atom is 0.336 e. The standard InChI is InChI=1S/C14H21NO5S/c1-3-5-11(16)9-15-21(19,20)12-7-6-10(4-2)13(8-12)14(17)18/h6-8,11,15-16H,3-5,9H2,1-2H3,(H,17,18). The molecule has 0 aromatic heterocycles. The Labute approximate surface area is 124 Å². The first kappa shape index (κ1) is 17.6. The van der Waals surface area contributed by atoms with E-state index < -0.39 is 22.1 Å². The zero-order chi connectivity index (χ0) is 16.0. The number of carbonyl (C=O) groups is 1. The van der Waals surface area contributed by atoms with Gasteiger partial charge in [0.1, 0.15) is 0 Å². The van der Waals surface area contributed by atoms with Gasteiger partial charge in [0.15, 0.2) is 0 Å². The fourth-order valence-electron chi connectivity index (χ4n) is 1.95. The smallest absolute Gasteiger partial charge is 0.336 e. The predicted molar refractivity (Wildman–Crippen MR) is 78.9 cm³/mol. The largest absolute Gasteiger partial charge is 0.478 e. The van der Waals surface area contributed by atoms with E-state index in [0.29, 0.717) is 18.4 Å². The normalized spacial score (nSPS) is 13.1. The SMILES string of the molecule is CCCC(O)CNS(=O)(=O)c1ccc(CC)c(C(=O)O)c1. The molecule has 1 aromatic rings. The number of aryl methyl sites for hydroxylation is 1. The molecule has 0 bridgehead atoms. The number of sulfonamides is 1. The van der Waals surface area contributed by atoms with Gasteiger partial charge in [0.2, 0.25) is 10.0 Å². The molecule has 0 radical (unpaired) electrons. The third kappa shape index (κ3) is 4.80. The molecule has 3 N–H and O–H groups in total. The molecule has 1 aromatic carbocycles. The van der Waals surface area contributed by atoms with Crippen LogP contribution in [0.5, 0.6) is 0 Å². The molecular formula is C14H21NO5S. The van der Waals surface area contributed by atoms with Crippen molar-refractivity contribution in [3.8, 4) is 0 Å². The van der Waals surface area contributed by atoms with Crippen molar-refractivity contribution in [1.82, 2.24) is 4.72 Å². The Hall–Kier alpha value is -1.44. The minimum atomic E-state index is -3.83. The number of aromatic carboxylic acids is 1. The minimum Gasteiger partial charge on any atom is -0.478 e. The third-order valence-corrected chi connectivity index (χ3v) is 4.56. The second-order valence-corrected chi connectivity index (χ2v) is 6.54. The van der Waals surface area contributed by atoms with Gasteiger partial charge in [-0.15, -0.1) is 0 Å². The Morgan fingerprint density at radius 1 is 1.33 bits per heavy atom. The van der Waals surface area contributed by atoms with E-state index in [1.54, 1.807) is 6.92 Å². The summed E-state index contributed by atoms with van der Waals surface area (Å²) in [5.41, 5.74) is 0.557. The molecular weight excluding hydrogens is 294 g/mol. The lowest BCUT2D eigenvalue weighted by Crippen LogP contribution is -2.32. The zero-order valence-corrected chi connectivity index (χ0v) is 13.0. The third-order valence-electron chi connectivity index (χ3n) is 3.13. The Morgan fingerprint density at radius 3 is 2.52 bits per heavy atom. The number of nitrogens with one attached hydrogen (secondary N) is 1. The van der Waals surface area contributed by atoms with Gasteiger partial charge in [-0.25, -0.2) is 17.9 Å². The highest BCUT2D eigenvalue weighted by molar-refractivity contribution is 7.89. The summed E-state index contributed by atoms with van der Waals surface area (Å²) in [5, 5.41) is 18.7. The molecule has 0 aliphatic rings. The van der Waals surface area contributed by atoms with E-state index in [4.69, 9.17) is 5.11 Å². The molecule has 118 valence electrons. The molecule has 1 unspecified atom stereocenters. The molecule has 21 heavy (non-hydrogen) atoms. The van der Waals surface area contributed by atoms with Gasteiger partial charge >= 0.3 is 5.97 Å². The Bertz CT molecular complexity index is 597. The predicted octanol–water partition coefficient (Wildman–Crippen LogP) is 1.39. The van der Waals surface area contributed by atoms with E-state index >= 15 is 0 Å². The Balaban J connectivity index is 2.98. The highest BCUT2D eigenvalue weighted by Gasteiger charge is 2.19. The number of hydrogen-bond donors (Lipinski definition) is 3. The average molecular weight is 315 g/mol. The average Bonchev–Trinajstić information content (AvgIpc) is 2.44. The van der Waals surface area contributed by atoms with Crippen LogP contribution in [0.15, 0.2) is 23.1 Å². The van der Waals surface area contributed by atoms with Crippen LogP contribution in [0.1, 0.15) is 42.6 Å². The van der Waals surface area contributed by atoms with E-state index in [1.807, 2.05) is 6.92 Å². The van der Waals surface area contributed by atoms with Gasteiger partial charge in [0.25, 0.3) is 0 Å². The molecule has 0 fully saturated rings. The fourth-order valence-corrected chi connectivity index (χ4v) is 3.05. The topological polar surface area (TPSA) is 104 Å². The monoisotopic (exact) mass is 315 g/mol. The van der Waals surface area contributed by atoms with E-state index in [9.17, 15) is 18.3 Å². The highest BCUT2D eigenvalue weighted by Crippen LogP contribution is 2.17. The number of carboxylic acid groups (broad SMARTS) is 1. The van der Waals surface area contributed by atoms with Gasteiger partial charge in [-0.2, -0.15) is 0 Å². The summed E-state index contributed by atoms with van der Waals surface area (Å²) in [6.07, 6.45) is 0.998. The molecule has 0 amide bonds. The van der Waals surface area contributed by atoms with E-state index in [-0.39, 0.29) is 17.0 Å². The lowest BCUT2D eigenvalue weighted by atomic mass is 10.1. The maximum atomic E-state index is 12.1. The van der Waals surface area contributed by atoms with Crippen molar-refractivity contribution in [3.63, 3.8) is 0 Å². The molecule has 1 atom stereocenters. The first-order valence-corrected chi connectivity index (χ1v) is 8.34. The van der Waals surface area contributed by atoms with Gasteiger partial charge in [-0.05, 0) is 30.5 Å². The quantitative estimate of drug-likeness (QED) is 0.672. The summed E-state index contributed by atoms with van der Waals surface area (Å²) in [7, 11) is -3.83. The molecule has 7 heteroatoms. The summed E-state index contributed by atoms with van der Waals surface area (Å²) in [5.74, 6) is -1.16. The highest BCUT2D eigenvalue weighted by atomic mass is 32.2. The summed E-state index contributed by atoms with van der Waals surface area (Å²) >= 11 is 0. The van der Waals surface area contributed by atoms with Gasteiger partial charge in [0.05, 0.1) is 16.6 Å². The van der Waals surface area contributed by atoms with Gasteiger partial charge in [0, 0.05) is 6.54 Å². The fraction of sp³-hybridized carbons (Fsp3) is 0.500. The van der Waals surface area contributed by atoms with Crippen molar-refractivity contribution in [1.29, 1.82) is 0 Å². The number of benzene rings is 1. The van der Waals surface area contributed by atoms with Gasteiger partial charge in [-0.3, -0.25) is 0 Å². The molecule has 0 saturated heterocycles. The van der Waals surface area contributed by atoms with Crippen LogP contribution in [0.25, 0.3) is 0 Å². The Morgan fingerprint density at radius 2 is 2.00 bits per heavy atom. The number of aliphatic hydroxyl groups excluding tert-OH is 1. The van der Waals surface area contributed by atoms with Crippen LogP contribution in [0.2, 0.25) is 0 Å².